The van der Waals surface area contributed by atoms with Crippen molar-refractivity contribution in [2.45, 2.75) is 5.92 Å². The van der Waals surface area contributed by atoms with Gasteiger partial charge in [0.25, 0.3) is 0 Å². The third kappa shape index (κ3) is 2.19. The van der Waals surface area contributed by atoms with Crippen molar-refractivity contribution in [1.29, 1.82) is 0 Å². The van der Waals surface area contributed by atoms with E-state index in [0.29, 0.717) is 5.92 Å². The van der Waals surface area contributed by atoms with Crippen LogP contribution in [-0.4, -0.2) is 33.9 Å². The number of alkyl halides is 1. The number of hydrogen-bond donors (Lipinski definition) is 1. The summed E-state index contributed by atoms with van der Waals surface area (Å²) in [5, 5.41) is 3.26. The third-order valence-corrected chi connectivity index (χ3v) is 3.38. The van der Waals surface area contributed by atoms with Gasteiger partial charge in [0.15, 0.2) is 0 Å². The molecule has 0 aromatic heterocycles. The fourth-order valence-corrected chi connectivity index (χ4v) is 2.30. The van der Waals surface area contributed by atoms with E-state index in [1.54, 1.807) is 0 Å². The number of benzene rings is 1. The quantitative estimate of drug-likeness (QED) is 0.841. The number of anilines is 1. The molecule has 1 aromatic rings. The standard InChI is InChI=1S/C13H19FN2/c1-16(2)12-5-3-10(4-6-12)13-9-15-8-11(13)7-14/h3-6,11,13,15H,7-9H2,1-2H3/t11-,13+/m0/s1. The lowest BCUT2D eigenvalue weighted by atomic mass is 9.90. The average molecular weight is 222 g/mol. The molecule has 0 amide bonds. The first-order valence-electron chi connectivity index (χ1n) is 5.76. The Kier molecular flexibility index (Phi) is 3.44. The second-order valence-corrected chi connectivity index (χ2v) is 4.67. The second kappa shape index (κ2) is 4.83. The Hall–Kier alpha value is -1.09. The molecule has 16 heavy (non-hydrogen) atoms. The van der Waals surface area contributed by atoms with Crippen molar-refractivity contribution in [2.75, 3.05) is 38.8 Å². The fourth-order valence-electron chi connectivity index (χ4n) is 2.30. The molecule has 3 heteroatoms. The third-order valence-electron chi connectivity index (χ3n) is 3.38. The Balaban J connectivity index is 2.15. The van der Waals surface area contributed by atoms with Gasteiger partial charge in [-0.2, -0.15) is 0 Å². The average Bonchev–Trinajstić information content (AvgIpc) is 2.77. The van der Waals surface area contributed by atoms with Gasteiger partial charge in [-0.3, -0.25) is 4.39 Å². The van der Waals surface area contributed by atoms with E-state index in [9.17, 15) is 4.39 Å². The molecule has 1 saturated heterocycles. The van der Waals surface area contributed by atoms with E-state index in [1.165, 1.54) is 11.3 Å². The number of halogens is 1. The Morgan fingerprint density at radius 3 is 2.50 bits per heavy atom. The van der Waals surface area contributed by atoms with Crippen LogP contribution in [0, 0.1) is 5.92 Å². The summed E-state index contributed by atoms with van der Waals surface area (Å²) in [5.74, 6) is 0.478. The largest absolute Gasteiger partial charge is 0.378 e. The first kappa shape index (κ1) is 11.4. The van der Waals surface area contributed by atoms with Gasteiger partial charge in [-0.15, -0.1) is 0 Å². The van der Waals surface area contributed by atoms with Crippen LogP contribution in [0.2, 0.25) is 0 Å². The highest BCUT2D eigenvalue weighted by Crippen LogP contribution is 2.29. The molecule has 1 heterocycles. The highest BCUT2D eigenvalue weighted by atomic mass is 19.1. The first-order chi connectivity index (χ1) is 7.72. The van der Waals surface area contributed by atoms with Gasteiger partial charge in [0.05, 0.1) is 6.67 Å². The van der Waals surface area contributed by atoms with Gasteiger partial charge in [0.1, 0.15) is 0 Å². The first-order valence-corrected chi connectivity index (χ1v) is 5.76. The Labute approximate surface area is 96.5 Å². The molecule has 1 aliphatic rings. The van der Waals surface area contributed by atoms with E-state index in [2.05, 4.69) is 34.5 Å². The summed E-state index contributed by atoms with van der Waals surface area (Å²) < 4.78 is 12.8. The molecule has 0 bridgehead atoms. The Morgan fingerprint density at radius 1 is 1.25 bits per heavy atom. The highest BCUT2D eigenvalue weighted by Gasteiger charge is 2.28. The molecule has 88 valence electrons. The zero-order valence-electron chi connectivity index (χ0n) is 9.91. The minimum atomic E-state index is -0.229. The molecule has 2 atom stereocenters. The fraction of sp³-hybridized carbons (Fsp3) is 0.538. The molecular weight excluding hydrogens is 203 g/mol. The smallest absolute Gasteiger partial charge is 0.0941 e. The van der Waals surface area contributed by atoms with Crippen LogP contribution in [0.1, 0.15) is 11.5 Å². The summed E-state index contributed by atoms with van der Waals surface area (Å²) >= 11 is 0. The zero-order chi connectivity index (χ0) is 11.5. The normalized spacial score (nSPS) is 24.7. The van der Waals surface area contributed by atoms with E-state index in [1.807, 2.05) is 14.1 Å². The van der Waals surface area contributed by atoms with Crippen LogP contribution >= 0.6 is 0 Å². The van der Waals surface area contributed by atoms with Gasteiger partial charge in [0, 0.05) is 44.7 Å². The maximum absolute atomic E-state index is 12.8. The maximum Gasteiger partial charge on any atom is 0.0941 e. The number of nitrogens with zero attached hydrogens (tertiary/aromatic N) is 1. The summed E-state index contributed by atoms with van der Waals surface area (Å²) in [6.07, 6.45) is 0. The van der Waals surface area contributed by atoms with Crippen molar-refractivity contribution in [1.82, 2.24) is 5.32 Å². The zero-order valence-corrected chi connectivity index (χ0v) is 9.91. The molecular formula is C13H19FN2. The van der Waals surface area contributed by atoms with Crippen molar-refractivity contribution in [3.8, 4) is 0 Å². The molecule has 1 N–H and O–H groups in total. The molecule has 1 aromatic carbocycles. The number of hydrogen-bond acceptors (Lipinski definition) is 2. The summed E-state index contributed by atoms with van der Waals surface area (Å²) in [6.45, 7) is 1.47. The van der Waals surface area contributed by atoms with E-state index in [-0.39, 0.29) is 12.6 Å². The van der Waals surface area contributed by atoms with Gasteiger partial charge in [-0.05, 0) is 17.7 Å². The van der Waals surface area contributed by atoms with Crippen molar-refractivity contribution < 1.29 is 4.39 Å². The summed E-state index contributed by atoms with van der Waals surface area (Å²) in [6, 6.07) is 8.44. The lowest BCUT2D eigenvalue weighted by molar-refractivity contribution is 0.358. The van der Waals surface area contributed by atoms with Crippen LogP contribution in [0.15, 0.2) is 24.3 Å². The van der Waals surface area contributed by atoms with Crippen molar-refractivity contribution >= 4 is 5.69 Å². The van der Waals surface area contributed by atoms with Crippen LogP contribution in [-0.2, 0) is 0 Å². The molecule has 1 aliphatic heterocycles. The SMILES string of the molecule is CN(C)c1ccc([C@H]2CNC[C@@H]2CF)cc1. The topological polar surface area (TPSA) is 15.3 Å². The lowest BCUT2D eigenvalue weighted by Gasteiger charge is -2.18. The Morgan fingerprint density at radius 2 is 1.94 bits per heavy atom. The summed E-state index contributed by atoms with van der Waals surface area (Å²) in [4.78, 5) is 2.07. The van der Waals surface area contributed by atoms with Gasteiger partial charge in [-0.25, -0.2) is 0 Å². The van der Waals surface area contributed by atoms with Crippen LogP contribution in [0.25, 0.3) is 0 Å². The van der Waals surface area contributed by atoms with Crippen molar-refractivity contribution in [2.24, 2.45) is 5.92 Å². The van der Waals surface area contributed by atoms with Crippen molar-refractivity contribution in [3.05, 3.63) is 29.8 Å². The molecule has 0 spiro atoms. The maximum atomic E-state index is 12.8. The molecule has 0 radical (unpaired) electrons. The minimum Gasteiger partial charge on any atom is -0.378 e. The molecule has 2 nitrogen and oxygen atoms in total. The molecule has 1 fully saturated rings. The predicted octanol–water partition coefficient (Wildman–Crippen LogP) is 2.03. The van der Waals surface area contributed by atoms with E-state index >= 15 is 0 Å². The van der Waals surface area contributed by atoms with E-state index in [4.69, 9.17) is 0 Å². The monoisotopic (exact) mass is 222 g/mol. The minimum absolute atomic E-state index is 0.144. The van der Waals surface area contributed by atoms with Gasteiger partial charge >= 0.3 is 0 Å². The highest BCUT2D eigenvalue weighted by molar-refractivity contribution is 5.46. The van der Waals surface area contributed by atoms with Crippen LogP contribution in [0.3, 0.4) is 0 Å². The molecule has 0 saturated carbocycles. The Bertz CT molecular complexity index is 334. The van der Waals surface area contributed by atoms with Crippen LogP contribution < -0.4 is 10.2 Å². The summed E-state index contributed by atoms with van der Waals surface area (Å²) in [7, 11) is 4.05. The number of rotatable bonds is 3. The molecule has 0 unspecified atom stereocenters. The second-order valence-electron chi connectivity index (χ2n) is 4.67. The van der Waals surface area contributed by atoms with Crippen molar-refractivity contribution in [3.63, 3.8) is 0 Å². The van der Waals surface area contributed by atoms with Crippen LogP contribution in [0.5, 0.6) is 0 Å². The molecule has 0 aliphatic carbocycles. The van der Waals surface area contributed by atoms with Gasteiger partial charge < -0.3 is 10.2 Å². The van der Waals surface area contributed by atoms with Crippen LogP contribution in [0.4, 0.5) is 10.1 Å². The van der Waals surface area contributed by atoms with Gasteiger partial charge in [0.2, 0.25) is 0 Å². The summed E-state index contributed by atoms with van der Waals surface area (Å²) in [5.41, 5.74) is 2.43. The number of nitrogens with one attached hydrogen (secondary N) is 1. The van der Waals surface area contributed by atoms with E-state index in [0.717, 1.165) is 13.1 Å². The lowest BCUT2D eigenvalue weighted by Crippen LogP contribution is -2.13. The molecule has 2 rings (SSSR count). The van der Waals surface area contributed by atoms with Gasteiger partial charge in [-0.1, -0.05) is 12.1 Å². The van der Waals surface area contributed by atoms with E-state index < -0.39 is 0 Å². The predicted molar refractivity (Wildman–Crippen MR) is 65.8 cm³/mol.